The van der Waals surface area contributed by atoms with Gasteiger partial charge in [0.1, 0.15) is 11.1 Å². The Balaban J connectivity index is 0.00000164. The molecule has 10 heteroatoms. The lowest BCUT2D eigenvalue weighted by molar-refractivity contribution is 0.461. The van der Waals surface area contributed by atoms with Crippen molar-refractivity contribution in [1.29, 1.82) is 10.5 Å². The van der Waals surface area contributed by atoms with E-state index in [9.17, 15) is 0 Å². The summed E-state index contributed by atoms with van der Waals surface area (Å²) in [6, 6.07) is 10.0. The van der Waals surface area contributed by atoms with Gasteiger partial charge >= 0.3 is 0 Å². The van der Waals surface area contributed by atoms with E-state index in [1.165, 1.54) is 6.08 Å². The maximum atomic E-state index is 9.04. The highest BCUT2D eigenvalue weighted by Crippen LogP contribution is 2.43. The molecule has 0 unspecified atom stereocenters. The summed E-state index contributed by atoms with van der Waals surface area (Å²) < 4.78 is 9.78. The van der Waals surface area contributed by atoms with Crippen LogP contribution in [0.25, 0.3) is 22.9 Å². The van der Waals surface area contributed by atoms with Crippen molar-refractivity contribution in [3.63, 3.8) is 0 Å². The summed E-state index contributed by atoms with van der Waals surface area (Å²) in [5, 5.41) is 31.0. The Labute approximate surface area is 222 Å². The summed E-state index contributed by atoms with van der Waals surface area (Å²) in [5.41, 5.74) is 3.07. The van der Waals surface area contributed by atoms with Crippen molar-refractivity contribution in [3.05, 3.63) is 53.4 Å². The molecule has 0 saturated heterocycles. The van der Waals surface area contributed by atoms with E-state index in [1.807, 2.05) is 71.4 Å². The minimum atomic E-state index is -0.162. The first kappa shape index (κ1) is 26.4. The molecule has 10 nitrogen and oxygen atoms in total. The topological polar surface area (TPSA) is 130 Å². The Hall–Kier alpha value is -4.70. The van der Waals surface area contributed by atoms with E-state index in [0.29, 0.717) is 40.8 Å². The second-order valence-electron chi connectivity index (χ2n) is 9.12. The first-order chi connectivity index (χ1) is 18.4. The van der Waals surface area contributed by atoms with Gasteiger partial charge in [0.05, 0.1) is 12.1 Å². The van der Waals surface area contributed by atoms with Crippen molar-refractivity contribution in [2.24, 2.45) is 7.05 Å². The number of fused-ring (bicyclic) bond motifs is 1. The molecule has 3 heterocycles. The Morgan fingerprint density at radius 2 is 1.87 bits per heavy atom. The zero-order chi connectivity index (χ0) is 27.3. The summed E-state index contributed by atoms with van der Waals surface area (Å²) in [7, 11) is 1.85. The number of benzene rings is 1. The molecular formula is C28H31N9O. The van der Waals surface area contributed by atoms with Crippen LogP contribution < -0.4 is 10.1 Å². The fraction of sp³-hybridized carbons (Fsp3) is 0.357. The molecule has 1 fully saturated rings. The second kappa shape index (κ2) is 11.1. The van der Waals surface area contributed by atoms with Crippen LogP contribution >= 0.6 is 0 Å². The Morgan fingerprint density at radius 1 is 1.13 bits per heavy atom. The highest BCUT2D eigenvalue weighted by molar-refractivity contribution is 5.82. The second-order valence-corrected chi connectivity index (χ2v) is 9.12. The van der Waals surface area contributed by atoms with Crippen molar-refractivity contribution in [2.75, 3.05) is 5.32 Å². The highest BCUT2D eigenvalue weighted by atomic mass is 16.5. The van der Waals surface area contributed by atoms with Gasteiger partial charge in [0, 0.05) is 43.5 Å². The third kappa shape index (κ3) is 5.65. The van der Waals surface area contributed by atoms with Crippen molar-refractivity contribution in [2.45, 2.75) is 58.9 Å². The van der Waals surface area contributed by atoms with Gasteiger partial charge in [-0.15, -0.1) is 5.10 Å². The maximum absolute atomic E-state index is 9.04. The van der Waals surface area contributed by atoms with E-state index in [2.05, 4.69) is 26.6 Å². The first-order valence-corrected chi connectivity index (χ1v) is 12.7. The molecule has 1 aromatic carbocycles. The number of aryl methyl sites for hydroxylation is 3. The predicted molar refractivity (Wildman–Crippen MR) is 146 cm³/mol. The van der Waals surface area contributed by atoms with E-state index >= 15 is 0 Å². The van der Waals surface area contributed by atoms with Crippen LogP contribution in [0.4, 0.5) is 5.95 Å². The lowest BCUT2D eigenvalue weighted by Gasteiger charge is -2.17. The van der Waals surface area contributed by atoms with E-state index in [-0.39, 0.29) is 5.54 Å². The lowest BCUT2D eigenvalue weighted by Crippen LogP contribution is -2.22. The van der Waals surface area contributed by atoms with Gasteiger partial charge in [-0.05, 0) is 68.0 Å². The van der Waals surface area contributed by atoms with Crippen molar-refractivity contribution >= 4 is 23.1 Å². The van der Waals surface area contributed by atoms with Crippen LogP contribution in [0.5, 0.6) is 11.6 Å². The zero-order valence-electron chi connectivity index (χ0n) is 22.4. The number of nitrogens with zero attached hydrogens (tertiary/aromatic N) is 8. The lowest BCUT2D eigenvalue weighted by atomic mass is 10.1. The van der Waals surface area contributed by atoms with Crippen LogP contribution in [0.2, 0.25) is 0 Å². The molecule has 38 heavy (non-hydrogen) atoms. The molecule has 0 aliphatic heterocycles. The molecule has 0 spiro atoms. The average molecular weight is 510 g/mol. The fourth-order valence-electron chi connectivity index (χ4n) is 4.25. The zero-order valence-corrected chi connectivity index (χ0v) is 22.4. The third-order valence-electron chi connectivity index (χ3n) is 6.26. The van der Waals surface area contributed by atoms with Gasteiger partial charge in [0.2, 0.25) is 11.8 Å². The van der Waals surface area contributed by atoms with E-state index in [4.69, 9.17) is 20.2 Å². The average Bonchev–Trinajstić information content (AvgIpc) is 3.30. The first-order valence-electron chi connectivity index (χ1n) is 12.7. The number of aromatic nitrogens is 6. The van der Waals surface area contributed by atoms with Crippen LogP contribution in [0, 0.1) is 36.5 Å². The number of nitriles is 2. The Morgan fingerprint density at radius 3 is 2.47 bits per heavy atom. The van der Waals surface area contributed by atoms with Crippen LogP contribution in [-0.4, -0.2) is 35.1 Å². The summed E-state index contributed by atoms with van der Waals surface area (Å²) >= 11 is 0. The van der Waals surface area contributed by atoms with E-state index < -0.39 is 0 Å². The van der Waals surface area contributed by atoms with E-state index in [0.717, 1.165) is 36.0 Å². The van der Waals surface area contributed by atoms with Crippen LogP contribution in [0.15, 0.2) is 36.7 Å². The molecule has 0 bridgehead atoms. The Bertz CT molecular complexity index is 1540. The van der Waals surface area contributed by atoms with Crippen LogP contribution in [0.3, 0.4) is 0 Å². The summed E-state index contributed by atoms with van der Waals surface area (Å²) in [4.78, 5) is 9.40. The van der Waals surface area contributed by atoms with Gasteiger partial charge in [-0.2, -0.15) is 25.6 Å². The molecule has 0 radical (unpaired) electrons. The number of nitrogens with one attached hydrogen (secondary N) is 1. The minimum Gasteiger partial charge on any atom is -0.437 e. The maximum Gasteiger partial charge on any atom is 0.235 e. The molecule has 4 aromatic rings. The summed E-state index contributed by atoms with van der Waals surface area (Å²) in [5.74, 6) is 2.14. The quantitative estimate of drug-likeness (QED) is 0.296. The van der Waals surface area contributed by atoms with Crippen LogP contribution in [0.1, 0.15) is 56.2 Å². The SMILES string of the molecule is CC.Cc1cc(/C=C/C#N)cc(C)c1Oc1nc(NC2(CCC#N)CC2)nc2nn(-c3ccn(C)n3)cc12. The van der Waals surface area contributed by atoms with Crippen molar-refractivity contribution < 1.29 is 4.74 Å². The molecule has 1 aliphatic carbocycles. The number of anilines is 1. The monoisotopic (exact) mass is 509 g/mol. The van der Waals surface area contributed by atoms with Gasteiger partial charge in [-0.3, -0.25) is 4.68 Å². The van der Waals surface area contributed by atoms with Crippen LogP contribution in [-0.2, 0) is 7.05 Å². The van der Waals surface area contributed by atoms with Gasteiger partial charge in [-0.25, -0.2) is 4.68 Å². The number of hydrogen-bond acceptors (Lipinski definition) is 8. The molecule has 5 rings (SSSR count). The van der Waals surface area contributed by atoms with Crippen molar-refractivity contribution in [1.82, 2.24) is 29.5 Å². The van der Waals surface area contributed by atoms with Gasteiger partial charge in [-0.1, -0.05) is 13.8 Å². The smallest absolute Gasteiger partial charge is 0.235 e. The molecule has 0 amide bonds. The summed E-state index contributed by atoms with van der Waals surface area (Å²) in [6.45, 7) is 7.92. The predicted octanol–water partition coefficient (Wildman–Crippen LogP) is 5.77. The molecule has 0 atom stereocenters. The van der Waals surface area contributed by atoms with Crippen molar-refractivity contribution in [3.8, 4) is 29.6 Å². The molecule has 194 valence electrons. The molecule has 1 saturated carbocycles. The Kier molecular flexibility index (Phi) is 7.73. The molecular weight excluding hydrogens is 478 g/mol. The number of allylic oxidation sites excluding steroid dienone is 1. The highest BCUT2D eigenvalue weighted by Gasteiger charge is 2.43. The molecule has 1 aliphatic rings. The summed E-state index contributed by atoms with van der Waals surface area (Å²) in [6.07, 6.45) is 10.0. The number of ether oxygens (including phenoxy) is 1. The normalized spacial score (nSPS) is 13.4. The molecule has 3 aromatic heterocycles. The number of rotatable bonds is 8. The number of hydrogen-bond donors (Lipinski definition) is 1. The standard InChI is InChI=1S/C26H25N9O.C2H6/c1-17-14-19(6-4-11-27)15-18(2)22(17)36-24-20-16-35(21-7-13-34(3)32-21)33-23(20)29-25(30-24)31-26(9-10-26)8-5-12-28;1-2/h4,6-7,13-16H,5,8-10H2,1-3H3,(H,29,31,33);1-2H3/b6-4+;. The minimum absolute atomic E-state index is 0.162. The van der Waals surface area contributed by atoms with E-state index in [1.54, 1.807) is 15.4 Å². The molecule has 1 N–H and O–H groups in total. The largest absolute Gasteiger partial charge is 0.437 e. The van der Waals surface area contributed by atoms with Gasteiger partial charge in [0.25, 0.3) is 0 Å². The van der Waals surface area contributed by atoms with Gasteiger partial charge in [0.15, 0.2) is 11.5 Å². The fourth-order valence-corrected chi connectivity index (χ4v) is 4.25. The van der Waals surface area contributed by atoms with Gasteiger partial charge < -0.3 is 10.1 Å². The third-order valence-corrected chi connectivity index (χ3v) is 6.26.